The molecule has 0 spiro atoms. The lowest BCUT2D eigenvalue weighted by Crippen LogP contribution is -2.45. The zero-order valence-corrected chi connectivity index (χ0v) is 50.3. The molecule has 9 heteroatoms. The Bertz CT molecular complexity index is 1280. The number of hydrogen-bond donors (Lipinski definition) is 3. The fourth-order valence-electron chi connectivity index (χ4n) is 9.59. The van der Waals surface area contributed by atoms with Crippen LogP contribution in [0.1, 0.15) is 316 Å². The van der Waals surface area contributed by atoms with Gasteiger partial charge in [0.2, 0.25) is 5.91 Å². The molecular weight excluding hydrogens is 924 g/mol. The van der Waals surface area contributed by atoms with Gasteiger partial charge in [-0.25, -0.2) is 4.57 Å². The van der Waals surface area contributed by atoms with Crippen LogP contribution in [0.25, 0.3) is 0 Å². The second-order valence-corrected chi connectivity index (χ2v) is 24.6. The average Bonchev–Trinajstić information content (AvgIpc) is 3.35. The monoisotopic (exact) mass is 1050 g/mol. The third kappa shape index (κ3) is 58.2. The third-order valence-electron chi connectivity index (χ3n) is 14.6. The number of hydrogen-bond acceptors (Lipinski definition) is 5. The minimum Gasteiger partial charge on any atom is -0.387 e. The molecule has 3 N–H and O–H groups in total. The number of rotatable bonds is 59. The van der Waals surface area contributed by atoms with Crippen LogP contribution in [0, 0.1) is 0 Å². The molecule has 432 valence electrons. The Balaban J connectivity index is 4.16. The van der Waals surface area contributed by atoms with E-state index in [0.29, 0.717) is 17.4 Å². The molecule has 0 fully saturated rings. The van der Waals surface area contributed by atoms with Crippen molar-refractivity contribution in [2.45, 2.75) is 328 Å². The Morgan fingerprint density at radius 2 is 0.753 bits per heavy atom. The lowest BCUT2D eigenvalue weighted by atomic mass is 10.0. The number of aliphatic hydroxyl groups excluding tert-OH is 1. The molecule has 1 amide bonds. The molecule has 8 nitrogen and oxygen atoms in total. The number of quaternary nitrogens is 1. The predicted octanol–water partition coefficient (Wildman–Crippen LogP) is 19.7. The minimum atomic E-state index is -4.36. The van der Waals surface area contributed by atoms with Crippen molar-refractivity contribution in [2.24, 2.45) is 0 Å². The zero-order chi connectivity index (χ0) is 53.5. The highest BCUT2D eigenvalue weighted by Gasteiger charge is 2.27. The number of aliphatic hydroxyl groups is 1. The molecule has 3 unspecified atom stereocenters. The summed E-state index contributed by atoms with van der Waals surface area (Å²) >= 11 is 0. The molecule has 0 radical (unpaired) electrons. The van der Waals surface area contributed by atoms with E-state index in [1.165, 1.54) is 257 Å². The number of carbonyl (C=O) groups is 1. The van der Waals surface area contributed by atoms with E-state index in [1.807, 2.05) is 27.2 Å². The van der Waals surface area contributed by atoms with Gasteiger partial charge in [0.25, 0.3) is 0 Å². The molecule has 0 bridgehead atoms. The molecule has 0 aromatic carbocycles. The van der Waals surface area contributed by atoms with Gasteiger partial charge < -0.3 is 19.8 Å². The highest BCUT2D eigenvalue weighted by molar-refractivity contribution is 7.47. The van der Waals surface area contributed by atoms with Gasteiger partial charge in [0.05, 0.1) is 39.9 Å². The van der Waals surface area contributed by atoms with E-state index in [2.05, 4.69) is 43.5 Å². The summed E-state index contributed by atoms with van der Waals surface area (Å²) in [7, 11) is 1.57. The standard InChI is InChI=1S/C64H125N2O6P/c1-6-8-10-12-14-16-18-20-22-24-26-28-30-32-33-34-36-38-40-42-44-46-48-50-52-54-56-58-64(68)65-62(61-72-73(69,70)71-60-59-66(3,4)5)63(67)57-55-53-51-49-47-45-43-41-39-37-35-31-29-27-25-23-21-19-17-15-13-11-9-7-2/h24,26,47,49,55,57,62-63,67H,6-23,25,27-46,48,50-54,56,58-61H2,1-5H3,(H-,65,68,69,70)/p+1/b26-24-,49-47+,57-55+. The molecule has 0 heterocycles. The van der Waals surface area contributed by atoms with Crippen LogP contribution in [-0.2, 0) is 18.4 Å². The Morgan fingerprint density at radius 3 is 1.10 bits per heavy atom. The van der Waals surface area contributed by atoms with Gasteiger partial charge in [-0.2, -0.15) is 0 Å². The molecule has 0 aliphatic heterocycles. The van der Waals surface area contributed by atoms with Crippen LogP contribution in [0.2, 0.25) is 0 Å². The number of unbranched alkanes of at least 4 members (excludes halogenated alkanes) is 42. The molecule has 0 aliphatic rings. The molecule has 0 aromatic rings. The maximum Gasteiger partial charge on any atom is 0.472 e. The van der Waals surface area contributed by atoms with E-state index in [9.17, 15) is 19.4 Å². The van der Waals surface area contributed by atoms with Crippen molar-refractivity contribution < 1.29 is 32.9 Å². The van der Waals surface area contributed by atoms with Gasteiger partial charge in [-0.15, -0.1) is 0 Å². The Hall–Kier alpha value is -1.28. The van der Waals surface area contributed by atoms with Crippen LogP contribution in [0.5, 0.6) is 0 Å². The minimum absolute atomic E-state index is 0.0575. The van der Waals surface area contributed by atoms with E-state index in [1.54, 1.807) is 6.08 Å². The third-order valence-corrected chi connectivity index (χ3v) is 15.6. The van der Waals surface area contributed by atoms with Crippen molar-refractivity contribution in [3.8, 4) is 0 Å². The molecule has 0 saturated carbocycles. The topological polar surface area (TPSA) is 105 Å². The first kappa shape index (κ1) is 71.7. The van der Waals surface area contributed by atoms with Crippen molar-refractivity contribution >= 4 is 13.7 Å². The average molecular weight is 1050 g/mol. The van der Waals surface area contributed by atoms with E-state index in [-0.39, 0.29) is 19.1 Å². The number of nitrogens with zero attached hydrogens (tertiary/aromatic N) is 1. The Morgan fingerprint density at radius 1 is 0.452 bits per heavy atom. The number of likely N-dealkylation sites (N-methyl/N-ethyl adjacent to an activating group) is 1. The largest absolute Gasteiger partial charge is 0.472 e. The smallest absolute Gasteiger partial charge is 0.387 e. The molecule has 0 aliphatic carbocycles. The summed E-state index contributed by atoms with van der Waals surface area (Å²) in [6, 6.07) is -0.863. The lowest BCUT2D eigenvalue weighted by Gasteiger charge is -2.25. The first-order chi connectivity index (χ1) is 35.5. The van der Waals surface area contributed by atoms with E-state index in [0.717, 1.165) is 38.5 Å². The van der Waals surface area contributed by atoms with Crippen molar-refractivity contribution in [3.63, 3.8) is 0 Å². The molecule has 3 atom stereocenters. The van der Waals surface area contributed by atoms with Crippen LogP contribution in [0.15, 0.2) is 36.5 Å². The van der Waals surface area contributed by atoms with Crippen LogP contribution >= 0.6 is 7.82 Å². The summed E-state index contributed by atoms with van der Waals surface area (Å²) < 4.78 is 23.8. The summed E-state index contributed by atoms with van der Waals surface area (Å²) in [6.45, 7) is 4.84. The maximum atomic E-state index is 13.0. The Kier molecular flexibility index (Phi) is 54.5. The van der Waals surface area contributed by atoms with Crippen LogP contribution in [0.4, 0.5) is 0 Å². The summed E-state index contributed by atoms with van der Waals surface area (Å²) in [4.78, 5) is 23.4. The van der Waals surface area contributed by atoms with Gasteiger partial charge in [-0.1, -0.05) is 288 Å². The highest BCUT2D eigenvalue weighted by atomic mass is 31.2. The summed E-state index contributed by atoms with van der Waals surface area (Å²) in [5, 5.41) is 14.0. The second-order valence-electron chi connectivity index (χ2n) is 23.1. The van der Waals surface area contributed by atoms with Crippen LogP contribution in [0.3, 0.4) is 0 Å². The summed E-state index contributed by atoms with van der Waals surface area (Å²) in [5.74, 6) is -0.181. The van der Waals surface area contributed by atoms with E-state index < -0.39 is 20.0 Å². The van der Waals surface area contributed by atoms with Crippen molar-refractivity contribution in [1.82, 2.24) is 5.32 Å². The van der Waals surface area contributed by atoms with E-state index >= 15 is 0 Å². The maximum absolute atomic E-state index is 13.0. The van der Waals surface area contributed by atoms with Gasteiger partial charge in [-0.3, -0.25) is 13.8 Å². The second kappa shape index (κ2) is 55.5. The number of phosphoric ester groups is 1. The van der Waals surface area contributed by atoms with Gasteiger partial charge in [0.15, 0.2) is 0 Å². The highest BCUT2D eigenvalue weighted by Crippen LogP contribution is 2.43. The lowest BCUT2D eigenvalue weighted by molar-refractivity contribution is -0.870. The SMILES string of the molecule is CCCCCCCCCC/C=C\CCCCCCCCCCCCCCCCCC(=O)NC(COP(=O)(O)OCC[N+](C)(C)C)C(O)/C=C/CC/C=C/CCCCCCCCCCCCCCCCCCCC. The number of amides is 1. The Labute approximate surface area is 455 Å². The predicted molar refractivity (Wildman–Crippen MR) is 318 cm³/mol. The molecular formula is C64H126N2O6P+. The molecule has 0 rings (SSSR count). The van der Waals surface area contributed by atoms with Crippen molar-refractivity contribution in [1.29, 1.82) is 0 Å². The normalized spacial score (nSPS) is 14.0. The van der Waals surface area contributed by atoms with Gasteiger partial charge in [0, 0.05) is 6.42 Å². The summed E-state index contributed by atoms with van der Waals surface area (Å²) in [5.41, 5.74) is 0. The first-order valence-corrected chi connectivity index (χ1v) is 33.4. The number of nitrogens with one attached hydrogen (secondary N) is 1. The molecule has 73 heavy (non-hydrogen) atoms. The first-order valence-electron chi connectivity index (χ1n) is 31.9. The van der Waals surface area contributed by atoms with Crippen molar-refractivity contribution in [2.75, 3.05) is 40.9 Å². The number of carbonyl (C=O) groups excluding carboxylic acids is 1. The quantitative estimate of drug-likeness (QED) is 0.0243. The van der Waals surface area contributed by atoms with Crippen molar-refractivity contribution in [3.05, 3.63) is 36.5 Å². The summed E-state index contributed by atoms with van der Waals surface area (Å²) in [6.07, 6.45) is 72.7. The van der Waals surface area contributed by atoms with Crippen LogP contribution in [-0.4, -0.2) is 73.4 Å². The number of phosphoric acid groups is 1. The van der Waals surface area contributed by atoms with Crippen LogP contribution < -0.4 is 5.32 Å². The molecule has 0 aromatic heterocycles. The van der Waals surface area contributed by atoms with Gasteiger partial charge in [-0.05, 0) is 57.8 Å². The fraction of sp³-hybridized carbons (Fsp3) is 0.891. The number of allylic oxidation sites excluding steroid dienone is 5. The zero-order valence-electron chi connectivity index (χ0n) is 49.4. The van der Waals surface area contributed by atoms with E-state index in [4.69, 9.17) is 9.05 Å². The molecule has 0 saturated heterocycles. The van der Waals surface area contributed by atoms with Gasteiger partial charge >= 0.3 is 7.82 Å². The fourth-order valence-corrected chi connectivity index (χ4v) is 10.3. The van der Waals surface area contributed by atoms with Gasteiger partial charge in [0.1, 0.15) is 13.2 Å².